The summed E-state index contributed by atoms with van der Waals surface area (Å²) < 4.78 is 39.6. The van der Waals surface area contributed by atoms with Gasteiger partial charge in [-0.3, -0.25) is 0 Å². The smallest absolute Gasteiger partial charge is 0.167 e. The second kappa shape index (κ2) is 16.8. The van der Waals surface area contributed by atoms with Crippen molar-refractivity contribution in [2.45, 2.75) is 44.3 Å². The Morgan fingerprint density at radius 3 is 1.07 bits per heavy atom. The van der Waals surface area contributed by atoms with E-state index in [1.165, 1.54) is 21.2 Å². The van der Waals surface area contributed by atoms with Crippen LogP contribution in [-0.4, -0.2) is 40.6 Å². The molecule has 2 heterocycles. The first-order valence-electron chi connectivity index (χ1n) is 18.8. The van der Waals surface area contributed by atoms with Crippen LogP contribution in [0.3, 0.4) is 0 Å². The fraction of sp³-hybridized carbons (Fsp3) is 0.234. The Bertz CT molecular complexity index is 1980. The summed E-state index contributed by atoms with van der Waals surface area (Å²) in [6, 6.07) is 47.2. The number of rotatable bonds is 10. The highest BCUT2D eigenvalue weighted by molar-refractivity contribution is 7.80. The summed E-state index contributed by atoms with van der Waals surface area (Å²) in [4.78, 5) is 0. The van der Waals surface area contributed by atoms with Gasteiger partial charge in [-0.2, -0.15) is 0 Å². The molecule has 6 aromatic rings. The van der Waals surface area contributed by atoms with E-state index >= 15 is 0 Å². The van der Waals surface area contributed by atoms with Crippen LogP contribution in [0.2, 0.25) is 0 Å². The Labute approximate surface area is 326 Å². The molecular weight excluding hydrogens is 722 g/mol. The van der Waals surface area contributed by atoms with Gasteiger partial charge in [0.25, 0.3) is 0 Å². The van der Waals surface area contributed by atoms with Crippen LogP contribution in [0.5, 0.6) is 34.5 Å². The Balaban J connectivity index is 1.36. The maximum Gasteiger partial charge on any atom is 0.167 e. The van der Waals surface area contributed by atoms with Crippen LogP contribution in [0.25, 0.3) is 0 Å². The maximum absolute atomic E-state index is 7.47. The Morgan fingerprint density at radius 2 is 0.782 bits per heavy atom. The first kappa shape index (κ1) is 36.9. The van der Waals surface area contributed by atoms with Crippen molar-refractivity contribution in [1.29, 1.82) is 0 Å². The summed E-state index contributed by atoms with van der Waals surface area (Å²) in [6.45, 7) is 0. The fourth-order valence-corrected chi connectivity index (χ4v) is 12.8. The molecule has 0 saturated carbocycles. The number of hydrogen-bond acceptors (Lipinski definition) is 6. The van der Waals surface area contributed by atoms with Crippen LogP contribution < -0.4 is 60.2 Å². The highest BCUT2D eigenvalue weighted by Crippen LogP contribution is 2.50. The summed E-state index contributed by atoms with van der Waals surface area (Å²) in [5.74, 6) is 4.48. The van der Waals surface area contributed by atoms with Crippen LogP contribution in [0.15, 0.2) is 133 Å². The third kappa shape index (κ3) is 7.39. The van der Waals surface area contributed by atoms with Gasteiger partial charge in [-0.15, -0.1) is 0 Å². The largest absolute Gasteiger partial charge is 0.493 e. The number of fused-ring (bicyclic) bond motifs is 6. The van der Waals surface area contributed by atoms with Gasteiger partial charge in [0, 0.05) is 34.6 Å². The van der Waals surface area contributed by atoms with Gasteiger partial charge in [0.1, 0.15) is 23.7 Å². The molecule has 2 atom stereocenters. The normalized spacial score (nSPS) is 16.3. The van der Waals surface area contributed by atoms with Crippen LogP contribution in [-0.2, 0) is 12.8 Å². The molecule has 2 aliphatic rings. The highest BCUT2D eigenvalue weighted by atomic mass is 31.1. The zero-order valence-electron chi connectivity index (χ0n) is 31.7. The first-order chi connectivity index (χ1) is 27.1. The molecule has 8 heteroatoms. The van der Waals surface area contributed by atoms with Gasteiger partial charge in [0.15, 0.2) is 23.0 Å². The number of hydrogen-bond donors (Lipinski definition) is 0. The van der Waals surface area contributed by atoms with E-state index in [4.69, 9.17) is 28.4 Å². The van der Waals surface area contributed by atoms with E-state index in [-0.39, 0.29) is 12.2 Å². The molecule has 6 nitrogen and oxygen atoms in total. The summed E-state index contributed by atoms with van der Waals surface area (Å²) in [7, 11) is 4.81. The van der Waals surface area contributed by atoms with Crippen LogP contribution >= 0.6 is 15.8 Å². The minimum absolute atomic E-state index is 0.188. The molecule has 0 saturated heterocycles. The number of methoxy groups -OCH3 is 4. The molecule has 280 valence electrons. The molecule has 1 unspecified atom stereocenters. The Morgan fingerprint density at radius 1 is 0.455 bits per heavy atom. The van der Waals surface area contributed by atoms with E-state index in [1.807, 2.05) is 0 Å². The van der Waals surface area contributed by atoms with Gasteiger partial charge < -0.3 is 28.4 Å². The fourth-order valence-electron chi connectivity index (χ4n) is 7.97. The van der Waals surface area contributed by atoms with Gasteiger partial charge in [-0.25, -0.2) is 0 Å². The van der Waals surface area contributed by atoms with Crippen molar-refractivity contribution < 1.29 is 28.4 Å². The molecular formula is C47H46O6P2. The van der Waals surface area contributed by atoms with Gasteiger partial charge in [0.2, 0.25) is 0 Å². The maximum atomic E-state index is 7.47. The predicted molar refractivity (Wildman–Crippen MR) is 227 cm³/mol. The molecule has 55 heavy (non-hydrogen) atoms. The molecule has 0 N–H and O–H groups in total. The zero-order chi connectivity index (χ0) is 37.7. The monoisotopic (exact) mass is 768 g/mol. The second-order valence-electron chi connectivity index (χ2n) is 13.7. The summed E-state index contributed by atoms with van der Waals surface area (Å²) in [5.41, 5.74) is 1.96. The van der Waals surface area contributed by atoms with E-state index in [9.17, 15) is 0 Å². The standard InChI is InChI=1S/C47H46O6P2/c1-48-40-30-42(54(34-20-9-5-10-21-34)35-22-11-6-12-23-35)46-38(44(40)50-3)28-32-18-17-19-33(52-46)29-39-45(51-4)41(49-2)31-43(47(39)53-32)55(36-24-13-7-14-25-36)37-26-15-8-16-27-37/h5-16,20-27,30-33H,17-19,28-29H2,1-4H3/t32-,33?/m1/s1. The third-order valence-corrected chi connectivity index (χ3v) is 15.3. The van der Waals surface area contributed by atoms with Crippen molar-refractivity contribution in [2.24, 2.45) is 0 Å². The van der Waals surface area contributed by atoms with E-state index in [2.05, 4.69) is 133 Å². The lowest BCUT2D eigenvalue weighted by atomic mass is 10.0. The average Bonchev–Trinajstić information content (AvgIpc) is 3.38. The van der Waals surface area contributed by atoms with Crippen molar-refractivity contribution in [3.8, 4) is 34.5 Å². The van der Waals surface area contributed by atoms with Crippen molar-refractivity contribution in [3.05, 3.63) is 145 Å². The van der Waals surface area contributed by atoms with Gasteiger partial charge in [-0.05, 0) is 68.5 Å². The lowest BCUT2D eigenvalue weighted by molar-refractivity contribution is 0.186. The molecule has 0 aromatic heterocycles. The highest BCUT2D eigenvalue weighted by Gasteiger charge is 2.37. The molecule has 8 rings (SSSR count). The van der Waals surface area contributed by atoms with E-state index < -0.39 is 15.8 Å². The number of benzene rings is 6. The minimum Gasteiger partial charge on any atom is -0.493 e. The molecule has 0 spiro atoms. The lowest BCUT2D eigenvalue weighted by Crippen LogP contribution is -2.31. The second-order valence-corrected chi connectivity index (χ2v) is 18.1. The van der Waals surface area contributed by atoms with Crippen LogP contribution in [0.1, 0.15) is 30.4 Å². The van der Waals surface area contributed by atoms with Crippen molar-refractivity contribution in [3.63, 3.8) is 0 Å². The van der Waals surface area contributed by atoms with Gasteiger partial charge in [-0.1, -0.05) is 121 Å². The molecule has 6 aromatic carbocycles. The SMILES string of the molecule is COc1cc(P(c2ccccc2)c2ccccc2)c2c(c1OC)C[C@H]1CCCC(Cc3c(OC)c(OC)cc(P(c4ccccc4)c4ccccc4)c3O1)O2. The van der Waals surface area contributed by atoms with Crippen LogP contribution in [0.4, 0.5) is 0 Å². The molecule has 0 radical (unpaired) electrons. The van der Waals surface area contributed by atoms with E-state index in [1.54, 1.807) is 28.4 Å². The van der Waals surface area contributed by atoms with Gasteiger partial charge >= 0.3 is 0 Å². The topological polar surface area (TPSA) is 55.4 Å². The molecule has 0 amide bonds. The van der Waals surface area contributed by atoms with E-state index in [0.29, 0.717) is 35.8 Å². The Hall–Kier alpha value is -5.02. The molecule has 0 aliphatic carbocycles. The minimum atomic E-state index is -1.03. The van der Waals surface area contributed by atoms with E-state index in [0.717, 1.165) is 52.5 Å². The molecule has 2 aliphatic heterocycles. The molecule has 2 bridgehead atoms. The third-order valence-electron chi connectivity index (χ3n) is 10.4. The van der Waals surface area contributed by atoms with Gasteiger partial charge in [0.05, 0.1) is 28.4 Å². The summed E-state index contributed by atoms with van der Waals surface area (Å²) in [6.07, 6.45) is 3.41. The first-order valence-corrected chi connectivity index (χ1v) is 21.5. The average molecular weight is 769 g/mol. The van der Waals surface area contributed by atoms with Crippen molar-refractivity contribution in [1.82, 2.24) is 0 Å². The lowest BCUT2D eigenvalue weighted by Gasteiger charge is -2.32. The quantitative estimate of drug-likeness (QED) is 0.133. The Kier molecular flexibility index (Phi) is 11.3. The van der Waals surface area contributed by atoms with Crippen molar-refractivity contribution in [2.75, 3.05) is 28.4 Å². The number of ether oxygens (including phenoxy) is 6. The zero-order valence-corrected chi connectivity index (χ0v) is 33.5. The van der Waals surface area contributed by atoms with Crippen LogP contribution in [0, 0.1) is 0 Å². The summed E-state index contributed by atoms with van der Waals surface area (Å²) in [5, 5.41) is 7.12. The van der Waals surface area contributed by atoms with Crippen molar-refractivity contribution >= 4 is 47.7 Å². The summed E-state index contributed by atoms with van der Waals surface area (Å²) >= 11 is 0. The predicted octanol–water partition coefficient (Wildman–Crippen LogP) is 7.71. The molecule has 0 fully saturated rings.